The Morgan fingerprint density at radius 3 is 2.78 bits per heavy atom. The second kappa shape index (κ2) is 6.52. The fourth-order valence-electron chi connectivity index (χ4n) is 2.40. The Hall–Kier alpha value is -2.82. The van der Waals surface area contributed by atoms with Crippen molar-refractivity contribution >= 4 is 23.2 Å². The van der Waals surface area contributed by atoms with Crippen molar-refractivity contribution in [1.82, 2.24) is 0 Å². The number of anilines is 2. The molecule has 5 nitrogen and oxygen atoms in total. The largest absolute Gasteiger partial charge is 0.491 e. The summed E-state index contributed by atoms with van der Waals surface area (Å²) in [5.74, 6) is 0.457. The number of ether oxygens (including phenoxy) is 1. The number of carbonyl (C=O) groups is 2. The molecule has 2 aromatic carbocycles. The highest BCUT2D eigenvalue weighted by atomic mass is 16.5. The minimum absolute atomic E-state index is 0.0787. The van der Waals surface area contributed by atoms with Crippen LogP contribution in [0.15, 0.2) is 42.5 Å². The lowest BCUT2D eigenvalue weighted by molar-refractivity contribution is -0.116. The van der Waals surface area contributed by atoms with Crippen LogP contribution in [-0.2, 0) is 16.0 Å². The van der Waals surface area contributed by atoms with Gasteiger partial charge in [0.1, 0.15) is 5.75 Å². The van der Waals surface area contributed by atoms with E-state index in [9.17, 15) is 9.59 Å². The van der Waals surface area contributed by atoms with Crippen LogP contribution in [0.25, 0.3) is 0 Å². The Bertz CT molecular complexity index is 738. The highest BCUT2D eigenvalue weighted by molar-refractivity contribution is 5.94. The van der Waals surface area contributed by atoms with Gasteiger partial charge in [0.2, 0.25) is 11.8 Å². The van der Waals surface area contributed by atoms with Gasteiger partial charge in [-0.1, -0.05) is 23.8 Å². The highest BCUT2D eigenvalue weighted by Crippen LogP contribution is 2.28. The van der Waals surface area contributed by atoms with Gasteiger partial charge in [0.15, 0.2) is 0 Å². The summed E-state index contributed by atoms with van der Waals surface area (Å²) in [5.41, 5.74) is 3.35. The van der Waals surface area contributed by atoms with Crippen LogP contribution >= 0.6 is 0 Å². The molecule has 2 N–H and O–H groups in total. The molecular weight excluding hydrogens is 292 g/mol. The van der Waals surface area contributed by atoms with Gasteiger partial charge in [0.25, 0.3) is 0 Å². The zero-order chi connectivity index (χ0) is 16.2. The van der Waals surface area contributed by atoms with Crippen molar-refractivity contribution in [2.24, 2.45) is 0 Å². The summed E-state index contributed by atoms with van der Waals surface area (Å²) in [6.45, 7) is 2.36. The van der Waals surface area contributed by atoms with Crippen LogP contribution in [0.1, 0.15) is 17.5 Å². The van der Waals surface area contributed by atoms with E-state index < -0.39 is 0 Å². The van der Waals surface area contributed by atoms with Crippen LogP contribution in [-0.4, -0.2) is 18.4 Å². The molecule has 0 atom stereocenters. The van der Waals surface area contributed by atoms with E-state index in [2.05, 4.69) is 10.6 Å². The zero-order valence-corrected chi connectivity index (χ0v) is 12.9. The third-order valence-corrected chi connectivity index (χ3v) is 3.60. The van der Waals surface area contributed by atoms with E-state index >= 15 is 0 Å². The van der Waals surface area contributed by atoms with E-state index in [1.807, 2.05) is 37.3 Å². The van der Waals surface area contributed by atoms with E-state index in [0.29, 0.717) is 24.5 Å². The summed E-state index contributed by atoms with van der Waals surface area (Å²) in [7, 11) is 0. The third-order valence-electron chi connectivity index (χ3n) is 3.60. The number of amides is 2. The SMILES string of the molecule is Cc1ccc(NC(=O)Cc2ccc3c(c2)NC(=O)CCO3)cc1. The molecule has 0 saturated heterocycles. The minimum Gasteiger partial charge on any atom is -0.491 e. The van der Waals surface area contributed by atoms with Gasteiger partial charge in [-0.25, -0.2) is 0 Å². The van der Waals surface area contributed by atoms with E-state index in [0.717, 1.165) is 16.8 Å². The zero-order valence-electron chi connectivity index (χ0n) is 12.9. The van der Waals surface area contributed by atoms with Gasteiger partial charge < -0.3 is 15.4 Å². The summed E-state index contributed by atoms with van der Waals surface area (Å²) in [6.07, 6.45) is 0.564. The first kappa shape index (κ1) is 15.1. The number of carbonyl (C=O) groups excluding carboxylic acids is 2. The van der Waals surface area contributed by atoms with Crippen LogP contribution in [0.4, 0.5) is 11.4 Å². The van der Waals surface area contributed by atoms with Crippen molar-refractivity contribution in [3.63, 3.8) is 0 Å². The number of aryl methyl sites for hydroxylation is 1. The smallest absolute Gasteiger partial charge is 0.228 e. The summed E-state index contributed by atoms with van der Waals surface area (Å²) in [5, 5.41) is 5.66. The molecular formula is C18H18N2O3. The van der Waals surface area contributed by atoms with Crippen LogP contribution in [0.5, 0.6) is 5.75 Å². The lowest BCUT2D eigenvalue weighted by Gasteiger charge is -2.10. The molecule has 0 radical (unpaired) electrons. The molecule has 3 rings (SSSR count). The van der Waals surface area contributed by atoms with Crippen LogP contribution in [0, 0.1) is 6.92 Å². The van der Waals surface area contributed by atoms with Crippen molar-refractivity contribution in [1.29, 1.82) is 0 Å². The number of nitrogens with one attached hydrogen (secondary N) is 2. The molecule has 5 heteroatoms. The Kier molecular flexibility index (Phi) is 4.28. The topological polar surface area (TPSA) is 67.4 Å². The molecule has 0 unspecified atom stereocenters. The van der Waals surface area contributed by atoms with Crippen molar-refractivity contribution in [2.45, 2.75) is 19.8 Å². The number of fused-ring (bicyclic) bond motifs is 1. The monoisotopic (exact) mass is 310 g/mol. The number of hydrogen-bond acceptors (Lipinski definition) is 3. The molecule has 118 valence electrons. The maximum atomic E-state index is 12.1. The number of benzene rings is 2. The van der Waals surface area contributed by atoms with Crippen LogP contribution < -0.4 is 15.4 Å². The summed E-state index contributed by atoms with van der Waals surface area (Å²) in [4.78, 5) is 23.7. The molecule has 2 aromatic rings. The normalized spacial score (nSPS) is 13.3. The number of rotatable bonds is 3. The number of hydrogen-bond donors (Lipinski definition) is 2. The maximum Gasteiger partial charge on any atom is 0.228 e. The van der Waals surface area contributed by atoms with Gasteiger partial charge in [-0.3, -0.25) is 9.59 Å². The van der Waals surface area contributed by atoms with Crippen molar-refractivity contribution in [2.75, 3.05) is 17.2 Å². The second-order valence-electron chi connectivity index (χ2n) is 5.57. The fraction of sp³-hybridized carbons (Fsp3) is 0.222. The van der Waals surface area contributed by atoms with Crippen molar-refractivity contribution < 1.29 is 14.3 Å². The molecule has 1 aliphatic rings. The first-order valence-electron chi connectivity index (χ1n) is 7.52. The van der Waals surface area contributed by atoms with Gasteiger partial charge in [-0.2, -0.15) is 0 Å². The van der Waals surface area contributed by atoms with E-state index in [-0.39, 0.29) is 18.2 Å². The Balaban J connectivity index is 1.69. The lowest BCUT2D eigenvalue weighted by Crippen LogP contribution is -2.14. The van der Waals surface area contributed by atoms with Gasteiger partial charge in [0, 0.05) is 5.69 Å². The van der Waals surface area contributed by atoms with Gasteiger partial charge in [-0.05, 0) is 36.8 Å². The minimum atomic E-state index is -0.102. The molecule has 0 fully saturated rings. The Labute approximate surface area is 134 Å². The second-order valence-corrected chi connectivity index (χ2v) is 5.57. The Morgan fingerprint density at radius 1 is 1.22 bits per heavy atom. The highest BCUT2D eigenvalue weighted by Gasteiger charge is 2.15. The summed E-state index contributed by atoms with van der Waals surface area (Å²) < 4.78 is 5.50. The molecule has 2 amide bonds. The van der Waals surface area contributed by atoms with Gasteiger partial charge >= 0.3 is 0 Å². The van der Waals surface area contributed by atoms with Gasteiger partial charge in [-0.15, -0.1) is 0 Å². The average Bonchev–Trinajstić information content (AvgIpc) is 2.69. The molecule has 0 bridgehead atoms. The predicted octanol–water partition coefficient (Wildman–Crippen LogP) is 2.90. The molecule has 0 spiro atoms. The predicted molar refractivity (Wildman–Crippen MR) is 88.7 cm³/mol. The average molecular weight is 310 g/mol. The molecule has 1 aliphatic heterocycles. The standard InChI is InChI=1S/C18H18N2O3/c1-12-2-5-14(6-3-12)19-18(22)11-13-4-7-16-15(10-13)20-17(21)8-9-23-16/h2-7,10H,8-9,11H2,1H3,(H,19,22)(H,20,21). The van der Waals surface area contributed by atoms with Crippen LogP contribution in [0.2, 0.25) is 0 Å². The van der Waals surface area contributed by atoms with E-state index in [1.54, 1.807) is 12.1 Å². The van der Waals surface area contributed by atoms with Crippen molar-refractivity contribution in [3.8, 4) is 5.75 Å². The maximum absolute atomic E-state index is 12.1. The van der Waals surface area contributed by atoms with E-state index in [4.69, 9.17) is 4.74 Å². The fourth-order valence-corrected chi connectivity index (χ4v) is 2.40. The molecule has 0 aliphatic carbocycles. The summed E-state index contributed by atoms with van der Waals surface area (Å²) in [6, 6.07) is 13.1. The van der Waals surface area contributed by atoms with E-state index in [1.165, 1.54) is 0 Å². The van der Waals surface area contributed by atoms with Crippen LogP contribution in [0.3, 0.4) is 0 Å². The Morgan fingerprint density at radius 2 is 2.00 bits per heavy atom. The quantitative estimate of drug-likeness (QED) is 0.916. The molecule has 23 heavy (non-hydrogen) atoms. The lowest BCUT2D eigenvalue weighted by atomic mass is 10.1. The first-order chi connectivity index (χ1) is 11.1. The first-order valence-corrected chi connectivity index (χ1v) is 7.52. The molecule has 1 heterocycles. The molecule has 0 saturated carbocycles. The summed E-state index contributed by atoms with van der Waals surface area (Å²) >= 11 is 0. The van der Waals surface area contributed by atoms with Gasteiger partial charge in [0.05, 0.1) is 25.1 Å². The van der Waals surface area contributed by atoms with Crippen molar-refractivity contribution in [3.05, 3.63) is 53.6 Å². The molecule has 0 aromatic heterocycles. The third kappa shape index (κ3) is 3.88.